The monoisotopic (exact) mass is 551 g/mol. The number of hydrogen-bond donors (Lipinski definition) is 2. The van der Waals surface area contributed by atoms with Crippen LogP contribution in [0.5, 0.6) is 5.75 Å². The van der Waals surface area contributed by atoms with Gasteiger partial charge in [0.1, 0.15) is 11.6 Å². The summed E-state index contributed by atoms with van der Waals surface area (Å²) in [6.45, 7) is 3.59. The van der Waals surface area contributed by atoms with E-state index in [1.54, 1.807) is 6.07 Å². The lowest BCUT2D eigenvalue weighted by Crippen LogP contribution is -2.20. The van der Waals surface area contributed by atoms with E-state index in [2.05, 4.69) is 15.4 Å². The van der Waals surface area contributed by atoms with Gasteiger partial charge < -0.3 is 20.1 Å². The summed E-state index contributed by atoms with van der Waals surface area (Å²) in [5, 5.41) is 15.0. The maximum Gasteiger partial charge on any atom is 0.337 e. The van der Waals surface area contributed by atoms with E-state index in [0.29, 0.717) is 22.5 Å². The van der Waals surface area contributed by atoms with Crippen LogP contribution in [0.2, 0.25) is 10.0 Å². The Labute approximate surface area is 229 Å². The summed E-state index contributed by atoms with van der Waals surface area (Å²) in [5.41, 5.74) is 3.65. The molecule has 194 valence electrons. The highest BCUT2D eigenvalue weighted by molar-refractivity contribution is 6.37. The van der Waals surface area contributed by atoms with Gasteiger partial charge in [-0.05, 0) is 85.1 Å². The van der Waals surface area contributed by atoms with Crippen molar-refractivity contribution in [1.29, 1.82) is 5.26 Å². The average Bonchev–Trinajstić information content (AvgIpc) is 2.88. The van der Waals surface area contributed by atoms with Crippen LogP contribution < -0.4 is 15.4 Å². The van der Waals surface area contributed by atoms with Gasteiger partial charge in [-0.1, -0.05) is 29.3 Å². The second-order valence-electron chi connectivity index (χ2n) is 8.14. The molecule has 0 bridgehead atoms. The van der Waals surface area contributed by atoms with E-state index >= 15 is 0 Å². The number of aryl methyl sites for hydroxylation is 2. The molecular weight excluding hydrogens is 529 g/mol. The van der Waals surface area contributed by atoms with Crippen LogP contribution in [0.3, 0.4) is 0 Å². The van der Waals surface area contributed by atoms with E-state index in [-0.39, 0.29) is 28.0 Å². The minimum Gasteiger partial charge on any atom is -0.481 e. The number of nitrogens with zero attached hydrogens (tertiary/aromatic N) is 1. The Morgan fingerprint density at radius 2 is 1.55 bits per heavy atom. The fraction of sp³-hybridized carbons (Fsp3) is 0.143. The molecule has 0 heterocycles. The number of ether oxygens (including phenoxy) is 2. The van der Waals surface area contributed by atoms with Crippen LogP contribution in [0.25, 0.3) is 6.08 Å². The summed E-state index contributed by atoms with van der Waals surface area (Å²) in [5.74, 6) is -1.49. The van der Waals surface area contributed by atoms with Gasteiger partial charge in [0.15, 0.2) is 12.4 Å². The number of carbonyl (C=O) groups is 3. The van der Waals surface area contributed by atoms with E-state index in [1.165, 1.54) is 49.6 Å². The zero-order valence-electron chi connectivity index (χ0n) is 20.7. The van der Waals surface area contributed by atoms with Gasteiger partial charge in [0, 0.05) is 11.4 Å². The van der Waals surface area contributed by atoms with Gasteiger partial charge in [0.05, 0.1) is 22.7 Å². The first-order valence-corrected chi connectivity index (χ1v) is 12.0. The van der Waals surface area contributed by atoms with Gasteiger partial charge in [0.25, 0.3) is 11.8 Å². The maximum atomic E-state index is 12.6. The third-order valence-corrected chi connectivity index (χ3v) is 5.96. The molecule has 0 aliphatic rings. The molecule has 2 amide bonds. The smallest absolute Gasteiger partial charge is 0.337 e. The lowest BCUT2D eigenvalue weighted by molar-refractivity contribution is -0.118. The van der Waals surface area contributed by atoms with Crippen molar-refractivity contribution in [3.8, 4) is 11.8 Å². The van der Waals surface area contributed by atoms with E-state index in [4.69, 9.17) is 27.9 Å². The Morgan fingerprint density at radius 3 is 2.13 bits per heavy atom. The molecule has 0 radical (unpaired) electrons. The van der Waals surface area contributed by atoms with Crippen molar-refractivity contribution < 1.29 is 23.9 Å². The number of methoxy groups -OCH3 is 1. The molecule has 0 aliphatic carbocycles. The summed E-state index contributed by atoms with van der Waals surface area (Å²) in [6.07, 6.45) is 1.31. The summed E-state index contributed by atoms with van der Waals surface area (Å²) in [6, 6.07) is 16.3. The van der Waals surface area contributed by atoms with Gasteiger partial charge in [-0.2, -0.15) is 5.26 Å². The molecule has 0 spiro atoms. The molecule has 38 heavy (non-hydrogen) atoms. The number of hydrogen-bond acceptors (Lipinski definition) is 6. The fourth-order valence-corrected chi connectivity index (χ4v) is 3.89. The van der Waals surface area contributed by atoms with Gasteiger partial charge in [0.2, 0.25) is 0 Å². The zero-order valence-corrected chi connectivity index (χ0v) is 22.2. The molecule has 3 aromatic carbocycles. The summed E-state index contributed by atoms with van der Waals surface area (Å²) >= 11 is 12.6. The van der Waals surface area contributed by atoms with Crippen LogP contribution >= 0.6 is 23.2 Å². The number of anilines is 2. The fourth-order valence-electron chi connectivity index (χ4n) is 3.28. The highest BCUT2D eigenvalue weighted by Gasteiger charge is 2.15. The van der Waals surface area contributed by atoms with Gasteiger partial charge >= 0.3 is 5.97 Å². The Bertz CT molecular complexity index is 1440. The first-order chi connectivity index (χ1) is 18.1. The number of amides is 2. The van der Waals surface area contributed by atoms with Crippen molar-refractivity contribution in [3.05, 3.63) is 92.5 Å². The standard InChI is InChI=1S/C28H23Cl2N3O5/c1-16-4-7-22(10-17(16)2)32-25(34)15-38-26-23(29)12-18(13-24(26)30)11-20(14-31)27(35)33-21-8-5-19(6-9-21)28(36)37-3/h4-13H,15H2,1-3H3,(H,32,34)(H,33,35)/b20-11-. The number of benzene rings is 3. The lowest BCUT2D eigenvalue weighted by Gasteiger charge is -2.12. The molecule has 2 N–H and O–H groups in total. The third-order valence-electron chi connectivity index (χ3n) is 5.40. The van der Waals surface area contributed by atoms with Gasteiger partial charge in [-0.15, -0.1) is 0 Å². The normalized spacial score (nSPS) is 10.8. The molecule has 8 nitrogen and oxygen atoms in total. The Balaban J connectivity index is 1.67. The van der Waals surface area contributed by atoms with Gasteiger partial charge in [-0.25, -0.2) is 4.79 Å². The first-order valence-electron chi connectivity index (χ1n) is 11.2. The molecule has 0 saturated heterocycles. The molecule has 0 saturated carbocycles. The molecular formula is C28H23Cl2N3O5. The number of rotatable bonds is 8. The third kappa shape index (κ3) is 7.35. The van der Waals surface area contributed by atoms with Crippen LogP contribution in [0.15, 0.2) is 60.2 Å². The highest BCUT2D eigenvalue weighted by atomic mass is 35.5. The Kier molecular flexibility index (Phi) is 9.49. The van der Waals surface area contributed by atoms with Crippen molar-refractivity contribution in [2.45, 2.75) is 13.8 Å². The second-order valence-corrected chi connectivity index (χ2v) is 8.96. The van der Waals surface area contributed by atoms with Crippen LogP contribution in [-0.4, -0.2) is 31.5 Å². The molecule has 0 fully saturated rings. The summed E-state index contributed by atoms with van der Waals surface area (Å²) in [4.78, 5) is 36.5. The number of nitriles is 1. The van der Waals surface area contributed by atoms with Crippen molar-refractivity contribution in [3.63, 3.8) is 0 Å². The number of esters is 1. The number of nitrogens with one attached hydrogen (secondary N) is 2. The first kappa shape index (κ1) is 28.3. The van der Waals surface area contributed by atoms with Crippen LogP contribution in [0.1, 0.15) is 27.0 Å². The summed E-state index contributed by atoms with van der Waals surface area (Å²) in [7, 11) is 1.27. The lowest BCUT2D eigenvalue weighted by atomic mass is 10.1. The van der Waals surface area contributed by atoms with Gasteiger partial charge in [-0.3, -0.25) is 9.59 Å². The quantitative estimate of drug-likeness (QED) is 0.202. The number of halogens is 2. The Hall–Kier alpha value is -4.32. The van der Waals surface area contributed by atoms with Crippen LogP contribution in [0, 0.1) is 25.2 Å². The van der Waals surface area contributed by atoms with Crippen molar-refractivity contribution in [1.82, 2.24) is 0 Å². The molecule has 0 unspecified atom stereocenters. The van der Waals surface area contributed by atoms with Crippen molar-refractivity contribution in [2.24, 2.45) is 0 Å². The predicted octanol–water partition coefficient (Wildman–Crippen LogP) is 5.96. The zero-order chi connectivity index (χ0) is 27.8. The molecule has 3 aromatic rings. The molecule has 0 aromatic heterocycles. The van der Waals surface area contributed by atoms with E-state index in [9.17, 15) is 19.6 Å². The number of carbonyl (C=O) groups excluding carboxylic acids is 3. The maximum absolute atomic E-state index is 12.6. The van der Waals surface area contributed by atoms with E-state index in [0.717, 1.165) is 11.1 Å². The van der Waals surface area contributed by atoms with E-state index < -0.39 is 17.8 Å². The summed E-state index contributed by atoms with van der Waals surface area (Å²) < 4.78 is 10.2. The largest absolute Gasteiger partial charge is 0.481 e. The molecule has 10 heteroatoms. The minimum atomic E-state index is -0.672. The Morgan fingerprint density at radius 1 is 0.921 bits per heavy atom. The molecule has 3 rings (SSSR count). The highest BCUT2D eigenvalue weighted by Crippen LogP contribution is 2.35. The predicted molar refractivity (Wildman–Crippen MR) is 147 cm³/mol. The SMILES string of the molecule is COC(=O)c1ccc(NC(=O)/C(C#N)=C\c2cc(Cl)c(OCC(=O)Nc3ccc(C)c(C)c3)c(Cl)c2)cc1. The van der Waals surface area contributed by atoms with Crippen LogP contribution in [-0.2, 0) is 14.3 Å². The minimum absolute atomic E-state index is 0.0920. The van der Waals surface area contributed by atoms with Crippen molar-refractivity contribution in [2.75, 3.05) is 24.4 Å². The van der Waals surface area contributed by atoms with Crippen LogP contribution in [0.4, 0.5) is 11.4 Å². The second kappa shape index (κ2) is 12.8. The average molecular weight is 552 g/mol. The topological polar surface area (TPSA) is 118 Å². The van der Waals surface area contributed by atoms with Crippen molar-refractivity contribution >= 4 is 58.4 Å². The van der Waals surface area contributed by atoms with E-state index in [1.807, 2.05) is 32.0 Å². The molecule has 0 atom stereocenters. The molecule has 0 aliphatic heterocycles.